The minimum atomic E-state index is 0.257. The van der Waals surface area contributed by atoms with Crippen molar-refractivity contribution in [3.8, 4) is 11.5 Å². The van der Waals surface area contributed by atoms with E-state index in [0.717, 1.165) is 5.75 Å². The Morgan fingerprint density at radius 3 is 2.33 bits per heavy atom. The summed E-state index contributed by atoms with van der Waals surface area (Å²) in [5.41, 5.74) is 0. The minimum Gasteiger partial charge on any atom is -0.508 e. The molecule has 1 N–H and O–H groups in total. The standard InChI is InChI=1S/C9H13NO2/c1-10(2)7-12-9-5-3-8(11)4-6-9/h3-6,11H,7H2,1-2H3. The maximum atomic E-state index is 8.97. The van der Waals surface area contributed by atoms with Crippen LogP contribution in [0.5, 0.6) is 11.5 Å². The molecule has 3 heteroatoms. The van der Waals surface area contributed by atoms with Gasteiger partial charge in [-0.25, -0.2) is 0 Å². The summed E-state index contributed by atoms with van der Waals surface area (Å²) in [6.07, 6.45) is 0. The van der Waals surface area contributed by atoms with Crippen LogP contribution in [0, 0.1) is 0 Å². The second kappa shape index (κ2) is 3.97. The molecule has 1 rings (SSSR count). The maximum absolute atomic E-state index is 8.97. The predicted octanol–water partition coefficient (Wildman–Crippen LogP) is 1.29. The largest absolute Gasteiger partial charge is 0.508 e. The average Bonchev–Trinajstić information content (AvgIpc) is 2.03. The lowest BCUT2D eigenvalue weighted by atomic mass is 10.3. The number of rotatable bonds is 3. The molecule has 0 radical (unpaired) electrons. The molecule has 0 fully saturated rings. The third-order valence-corrected chi connectivity index (χ3v) is 1.33. The van der Waals surface area contributed by atoms with Crippen LogP contribution in [-0.4, -0.2) is 30.8 Å². The zero-order chi connectivity index (χ0) is 8.97. The van der Waals surface area contributed by atoms with Gasteiger partial charge in [0.25, 0.3) is 0 Å². The van der Waals surface area contributed by atoms with E-state index in [0.29, 0.717) is 6.73 Å². The molecule has 0 spiro atoms. The van der Waals surface area contributed by atoms with E-state index in [1.807, 2.05) is 19.0 Å². The Kier molecular flexibility index (Phi) is 2.94. The fourth-order valence-electron chi connectivity index (χ4n) is 0.746. The Morgan fingerprint density at radius 2 is 1.83 bits per heavy atom. The maximum Gasteiger partial charge on any atom is 0.141 e. The summed E-state index contributed by atoms with van der Waals surface area (Å²) in [6.45, 7) is 0.546. The Hall–Kier alpha value is -1.22. The van der Waals surface area contributed by atoms with Crippen LogP contribution in [0.4, 0.5) is 0 Å². The quantitative estimate of drug-likeness (QED) is 0.688. The first-order chi connectivity index (χ1) is 5.68. The Balaban J connectivity index is 2.48. The third-order valence-electron chi connectivity index (χ3n) is 1.33. The lowest BCUT2D eigenvalue weighted by Crippen LogP contribution is -2.18. The topological polar surface area (TPSA) is 32.7 Å². The predicted molar refractivity (Wildman–Crippen MR) is 47.3 cm³/mol. The van der Waals surface area contributed by atoms with Gasteiger partial charge in [0, 0.05) is 0 Å². The number of phenols is 1. The van der Waals surface area contributed by atoms with Gasteiger partial charge in [-0.1, -0.05) is 0 Å². The highest BCUT2D eigenvalue weighted by Gasteiger charge is 1.93. The summed E-state index contributed by atoms with van der Waals surface area (Å²) in [4.78, 5) is 1.92. The van der Waals surface area contributed by atoms with Gasteiger partial charge in [-0.3, -0.25) is 4.90 Å². The lowest BCUT2D eigenvalue weighted by Gasteiger charge is -2.11. The monoisotopic (exact) mass is 167 g/mol. The van der Waals surface area contributed by atoms with Crippen LogP contribution in [0.3, 0.4) is 0 Å². The van der Waals surface area contributed by atoms with Crippen molar-refractivity contribution in [3.63, 3.8) is 0 Å². The lowest BCUT2D eigenvalue weighted by molar-refractivity contribution is 0.179. The van der Waals surface area contributed by atoms with Crippen molar-refractivity contribution < 1.29 is 9.84 Å². The number of aromatic hydroxyl groups is 1. The summed E-state index contributed by atoms with van der Waals surface area (Å²) < 4.78 is 5.34. The second-order valence-electron chi connectivity index (χ2n) is 2.85. The van der Waals surface area contributed by atoms with E-state index in [9.17, 15) is 0 Å². The molecule has 0 saturated carbocycles. The average molecular weight is 167 g/mol. The van der Waals surface area contributed by atoms with E-state index in [4.69, 9.17) is 9.84 Å². The molecule has 0 aliphatic rings. The molecule has 1 aromatic rings. The SMILES string of the molecule is CN(C)COc1ccc(O)cc1. The highest BCUT2D eigenvalue weighted by Crippen LogP contribution is 2.15. The molecular formula is C9H13NO2. The van der Waals surface area contributed by atoms with E-state index in [1.165, 1.54) is 0 Å². The van der Waals surface area contributed by atoms with Crippen LogP contribution in [0.2, 0.25) is 0 Å². The molecule has 1 aromatic carbocycles. The molecule has 0 amide bonds. The van der Waals surface area contributed by atoms with Crippen molar-refractivity contribution in [3.05, 3.63) is 24.3 Å². The molecule has 3 nitrogen and oxygen atoms in total. The number of nitrogens with zero attached hydrogens (tertiary/aromatic N) is 1. The number of ether oxygens (including phenoxy) is 1. The van der Waals surface area contributed by atoms with Gasteiger partial charge in [0.1, 0.15) is 18.2 Å². The normalized spacial score (nSPS) is 10.2. The molecule has 0 saturated heterocycles. The number of hydrogen-bond acceptors (Lipinski definition) is 3. The fraction of sp³-hybridized carbons (Fsp3) is 0.333. The fourth-order valence-corrected chi connectivity index (χ4v) is 0.746. The first-order valence-corrected chi connectivity index (χ1v) is 3.75. The molecule has 66 valence electrons. The van der Waals surface area contributed by atoms with Gasteiger partial charge >= 0.3 is 0 Å². The van der Waals surface area contributed by atoms with Gasteiger partial charge in [-0.15, -0.1) is 0 Å². The van der Waals surface area contributed by atoms with E-state index in [-0.39, 0.29) is 5.75 Å². The first kappa shape index (κ1) is 8.87. The zero-order valence-electron chi connectivity index (χ0n) is 7.32. The number of phenolic OH excluding ortho intramolecular Hbond substituents is 1. The van der Waals surface area contributed by atoms with Crippen LogP contribution >= 0.6 is 0 Å². The van der Waals surface area contributed by atoms with Crippen molar-refractivity contribution >= 4 is 0 Å². The molecule has 12 heavy (non-hydrogen) atoms. The number of hydrogen-bond donors (Lipinski definition) is 1. The molecule has 0 aromatic heterocycles. The highest BCUT2D eigenvalue weighted by atomic mass is 16.5. The van der Waals surface area contributed by atoms with Crippen LogP contribution in [0.1, 0.15) is 0 Å². The number of benzene rings is 1. The van der Waals surface area contributed by atoms with Crippen LogP contribution in [0.25, 0.3) is 0 Å². The molecule has 0 unspecified atom stereocenters. The Labute approximate surface area is 72.2 Å². The smallest absolute Gasteiger partial charge is 0.141 e. The van der Waals surface area contributed by atoms with Crippen LogP contribution in [-0.2, 0) is 0 Å². The second-order valence-corrected chi connectivity index (χ2v) is 2.85. The molecule has 0 aliphatic heterocycles. The van der Waals surface area contributed by atoms with Gasteiger partial charge in [0.2, 0.25) is 0 Å². The van der Waals surface area contributed by atoms with Crippen molar-refractivity contribution in [1.82, 2.24) is 4.90 Å². The molecule has 0 aliphatic carbocycles. The van der Waals surface area contributed by atoms with E-state index >= 15 is 0 Å². The van der Waals surface area contributed by atoms with Gasteiger partial charge in [0.15, 0.2) is 0 Å². The zero-order valence-corrected chi connectivity index (χ0v) is 7.32. The minimum absolute atomic E-state index is 0.257. The van der Waals surface area contributed by atoms with Gasteiger partial charge in [0.05, 0.1) is 0 Å². The van der Waals surface area contributed by atoms with Crippen molar-refractivity contribution in [1.29, 1.82) is 0 Å². The van der Waals surface area contributed by atoms with Crippen LogP contribution in [0.15, 0.2) is 24.3 Å². The molecular weight excluding hydrogens is 154 g/mol. The summed E-state index contributed by atoms with van der Waals surface area (Å²) >= 11 is 0. The molecule has 0 heterocycles. The third kappa shape index (κ3) is 2.80. The van der Waals surface area contributed by atoms with Gasteiger partial charge in [-0.05, 0) is 38.4 Å². The molecule has 0 bridgehead atoms. The molecule has 0 atom stereocenters. The summed E-state index contributed by atoms with van der Waals surface area (Å²) in [6, 6.07) is 6.67. The Morgan fingerprint density at radius 1 is 1.25 bits per heavy atom. The summed E-state index contributed by atoms with van der Waals surface area (Å²) in [7, 11) is 3.86. The first-order valence-electron chi connectivity index (χ1n) is 3.75. The van der Waals surface area contributed by atoms with Crippen LogP contribution < -0.4 is 4.74 Å². The van der Waals surface area contributed by atoms with E-state index in [2.05, 4.69) is 0 Å². The highest BCUT2D eigenvalue weighted by molar-refractivity contribution is 5.29. The van der Waals surface area contributed by atoms with E-state index < -0.39 is 0 Å². The van der Waals surface area contributed by atoms with Crippen molar-refractivity contribution in [2.45, 2.75) is 0 Å². The van der Waals surface area contributed by atoms with Crippen molar-refractivity contribution in [2.75, 3.05) is 20.8 Å². The van der Waals surface area contributed by atoms with Gasteiger partial charge in [-0.2, -0.15) is 0 Å². The van der Waals surface area contributed by atoms with Crippen molar-refractivity contribution in [2.24, 2.45) is 0 Å². The summed E-state index contributed by atoms with van der Waals surface area (Å²) in [5, 5.41) is 8.97. The Bertz CT molecular complexity index is 231. The van der Waals surface area contributed by atoms with Gasteiger partial charge < -0.3 is 9.84 Å². The van der Waals surface area contributed by atoms with E-state index in [1.54, 1.807) is 24.3 Å². The summed E-state index contributed by atoms with van der Waals surface area (Å²) in [5.74, 6) is 1.02.